The van der Waals surface area contributed by atoms with Crippen molar-refractivity contribution in [1.82, 2.24) is 0 Å². The smallest absolute Gasteiger partial charge is 0.119 e. The quantitative estimate of drug-likeness (QED) is 0.713. The number of hydrogen-bond acceptors (Lipinski definition) is 1. The fraction of sp³-hybridized carbons (Fsp3) is 0.538. The number of halogens is 1. The Morgan fingerprint density at radius 1 is 1.20 bits per heavy atom. The molecule has 0 radical (unpaired) electrons. The Bertz CT molecular complexity index is 279. The maximum atomic E-state index is 5.41. The van der Waals surface area contributed by atoms with E-state index in [1.165, 1.54) is 5.56 Å². The van der Waals surface area contributed by atoms with Crippen molar-refractivity contribution in [3.63, 3.8) is 0 Å². The standard InChI is InChI=1S/C13H19BrO/c1-4-15-12-7-5-11(6-8-12)13(14)9-10(2)3/h5-8,10,13H,4,9H2,1-3H3. The van der Waals surface area contributed by atoms with E-state index in [1.54, 1.807) is 0 Å². The zero-order valence-electron chi connectivity index (χ0n) is 9.66. The Kier molecular flexibility index (Phi) is 5.16. The molecule has 0 fully saturated rings. The number of ether oxygens (including phenoxy) is 1. The highest BCUT2D eigenvalue weighted by atomic mass is 79.9. The van der Waals surface area contributed by atoms with Crippen LogP contribution in [0.4, 0.5) is 0 Å². The lowest BCUT2D eigenvalue weighted by molar-refractivity contribution is 0.340. The molecule has 0 bridgehead atoms. The van der Waals surface area contributed by atoms with E-state index < -0.39 is 0 Å². The zero-order chi connectivity index (χ0) is 11.3. The molecule has 0 aliphatic heterocycles. The molecular weight excluding hydrogens is 252 g/mol. The van der Waals surface area contributed by atoms with Gasteiger partial charge in [0.2, 0.25) is 0 Å². The number of benzene rings is 1. The fourth-order valence-electron chi connectivity index (χ4n) is 1.49. The van der Waals surface area contributed by atoms with Crippen molar-refractivity contribution < 1.29 is 4.74 Å². The van der Waals surface area contributed by atoms with Crippen LogP contribution in [0.2, 0.25) is 0 Å². The summed E-state index contributed by atoms with van der Waals surface area (Å²) in [7, 11) is 0. The SMILES string of the molecule is CCOc1ccc(C(Br)CC(C)C)cc1. The van der Waals surface area contributed by atoms with Gasteiger partial charge in [-0.05, 0) is 37.0 Å². The minimum absolute atomic E-state index is 0.452. The van der Waals surface area contributed by atoms with Crippen molar-refractivity contribution in [2.45, 2.75) is 32.0 Å². The molecule has 1 nitrogen and oxygen atoms in total. The van der Waals surface area contributed by atoms with Crippen LogP contribution in [0, 0.1) is 5.92 Å². The summed E-state index contributed by atoms with van der Waals surface area (Å²) in [6, 6.07) is 8.33. The van der Waals surface area contributed by atoms with Crippen LogP contribution >= 0.6 is 15.9 Å². The van der Waals surface area contributed by atoms with Crippen LogP contribution in [0.1, 0.15) is 37.6 Å². The van der Waals surface area contributed by atoms with Gasteiger partial charge in [-0.2, -0.15) is 0 Å². The molecular formula is C13H19BrO. The summed E-state index contributed by atoms with van der Waals surface area (Å²) in [4.78, 5) is 0.452. The first-order valence-electron chi connectivity index (χ1n) is 5.50. The van der Waals surface area contributed by atoms with Crippen molar-refractivity contribution in [1.29, 1.82) is 0 Å². The second kappa shape index (κ2) is 6.16. The molecule has 84 valence electrons. The number of alkyl halides is 1. The fourth-order valence-corrected chi connectivity index (χ4v) is 2.54. The van der Waals surface area contributed by atoms with E-state index in [4.69, 9.17) is 4.74 Å². The molecule has 0 aromatic heterocycles. The lowest BCUT2D eigenvalue weighted by atomic mass is 10.0. The van der Waals surface area contributed by atoms with Gasteiger partial charge in [-0.3, -0.25) is 0 Å². The summed E-state index contributed by atoms with van der Waals surface area (Å²) in [6.45, 7) is 7.20. The molecule has 0 aliphatic rings. The van der Waals surface area contributed by atoms with Crippen LogP contribution in [0.3, 0.4) is 0 Å². The van der Waals surface area contributed by atoms with Gasteiger partial charge in [0.05, 0.1) is 6.61 Å². The van der Waals surface area contributed by atoms with E-state index in [-0.39, 0.29) is 0 Å². The van der Waals surface area contributed by atoms with Crippen molar-refractivity contribution in [2.75, 3.05) is 6.61 Å². The highest BCUT2D eigenvalue weighted by molar-refractivity contribution is 9.09. The Morgan fingerprint density at radius 2 is 1.80 bits per heavy atom. The lowest BCUT2D eigenvalue weighted by Crippen LogP contribution is -1.96. The van der Waals surface area contributed by atoms with E-state index in [0.717, 1.165) is 18.8 Å². The largest absolute Gasteiger partial charge is 0.494 e. The van der Waals surface area contributed by atoms with Gasteiger partial charge in [0, 0.05) is 4.83 Å². The summed E-state index contributed by atoms with van der Waals surface area (Å²) >= 11 is 3.71. The normalized spacial score (nSPS) is 12.9. The number of rotatable bonds is 5. The van der Waals surface area contributed by atoms with Crippen LogP contribution in [-0.4, -0.2) is 6.61 Å². The molecule has 1 unspecified atom stereocenters. The second-order valence-corrected chi connectivity index (χ2v) is 5.20. The lowest BCUT2D eigenvalue weighted by Gasteiger charge is -2.13. The van der Waals surface area contributed by atoms with Crippen molar-refractivity contribution in [3.8, 4) is 5.75 Å². The third kappa shape index (κ3) is 4.25. The van der Waals surface area contributed by atoms with Gasteiger partial charge in [-0.25, -0.2) is 0 Å². The van der Waals surface area contributed by atoms with E-state index in [0.29, 0.717) is 10.7 Å². The topological polar surface area (TPSA) is 9.23 Å². The molecule has 0 saturated heterocycles. The third-order valence-electron chi connectivity index (χ3n) is 2.23. The Labute approximate surface area is 101 Å². The molecule has 0 amide bonds. The van der Waals surface area contributed by atoms with E-state index in [9.17, 15) is 0 Å². The van der Waals surface area contributed by atoms with Crippen LogP contribution in [0.5, 0.6) is 5.75 Å². The summed E-state index contributed by atoms with van der Waals surface area (Å²) in [5, 5.41) is 0. The molecule has 0 aliphatic carbocycles. The average Bonchev–Trinajstić information content (AvgIpc) is 2.18. The molecule has 1 aromatic carbocycles. The Morgan fingerprint density at radius 3 is 2.27 bits per heavy atom. The number of hydrogen-bond donors (Lipinski definition) is 0. The van der Waals surface area contributed by atoms with Crippen molar-refractivity contribution in [3.05, 3.63) is 29.8 Å². The first-order valence-corrected chi connectivity index (χ1v) is 6.42. The molecule has 1 rings (SSSR count). The summed E-state index contributed by atoms with van der Waals surface area (Å²) < 4.78 is 5.41. The van der Waals surface area contributed by atoms with Crippen LogP contribution in [0.15, 0.2) is 24.3 Å². The van der Waals surface area contributed by atoms with Gasteiger partial charge < -0.3 is 4.74 Å². The van der Waals surface area contributed by atoms with Gasteiger partial charge in [0.25, 0.3) is 0 Å². The monoisotopic (exact) mass is 270 g/mol. The van der Waals surface area contributed by atoms with Crippen molar-refractivity contribution in [2.24, 2.45) is 5.92 Å². The van der Waals surface area contributed by atoms with Crippen molar-refractivity contribution >= 4 is 15.9 Å². The minimum atomic E-state index is 0.452. The van der Waals surface area contributed by atoms with Gasteiger partial charge in [-0.1, -0.05) is 41.9 Å². The predicted molar refractivity (Wildman–Crippen MR) is 68.7 cm³/mol. The molecule has 0 N–H and O–H groups in total. The third-order valence-corrected chi connectivity index (χ3v) is 3.13. The molecule has 1 atom stereocenters. The summed E-state index contributed by atoms with van der Waals surface area (Å²) in [6.07, 6.45) is 1.16. The molecule has 1 aromatic rings. The highest BCUT2D eigenvalue weighted by Gasteiger charge is 2.09. The minimum Gasteiger partial charge on any atom is -0.494 e. The van der Waals surface area contributed by atoms with Crippen LogP contribution in [-0.2, 0) is 0 Å². The van der Waals surface area contributed by atoms with Crippen LogP contribution < -0.4 is 4.74 Å². The summed E-state index contributed by atoms with van der Waals surface area (Å²) in [5.74, 6) is 1.66. The van der Waals surface area contributed by atoms with Crippen LogP contribution in [0.25, 0.3) is 0 Å². The molecule has 2 heteroatoms. The van der Waals surface area contributed by atoms with Gasteiger partial charge in [0.15, 0.2) is 0 Å². The van der Waals surface area contributed by atoms with Gasteiger partial charge in [0.1, 0.15) is 5.75 Å². The van der Waals surface area contributed by atoms with Gasteiger partial charge in [-0.15, -0.1) is 0 Å². The van der Waals surface area contributed by atoms with E-state index >= 15 is 0 Å². The average molecular weight is 271 g/mol. The van der Waals surface area contributed by atoms with E-state index in [2.05, 4.69) is 41.9 Å². The molecule has 15 heavy (non-hydrogen) atoms. The zero-order valence-corrected chi connectivity index (χ0v) is 11.3. The van der Waals surface area contributed by atoms with E-state index in [1.807, 2.05) is 19.1 Å². The first-order chi connectivity index (χ1) is 7.13. The molecule has 0 heterocycles. The molecule has 0 saturated carbocycles. The highest BCUT2D eigenvalue weighted by Crippen LogP contribution is 2.30. The Balaban J connectivity index is 2.62. The predicted octanol–water partition coefficient (Wildman–Crippen LogP) is 4.57. The first kappa shape index (κ1) is 12.6. The maximum Gasteiger partial charge on any atom is 0.119 e. The second-order valence-electron chi connectivity index (χ2n) is 4.10. The molecule has 0 spiro atoms. The van der Waals surface area contributed by atoms with Gasteiger partial charge >= 0.3 is 0 Å². The maximum absolute atomic E-state index is 5.41. The summed E-state index contributed by atoms with van der Waals surface area (Å²) in [5.41, 5.74) is 1.33. The Hall–Kier alpha value is -0.500.